The Morgan fingerprint density at radius 1 is 1.04 bits per heavy atom. The van der Waals surface area contributed by atoms with Gasteiger partial charge in [-0.05, 0) is 24.6 Å². The summed E-state index contributed by atoms with van der Waals surface area (Å²) in [4.78, 5) is 14.4. The zero-order valence-electron chi connectivity index (χ0n) is 14.9. The van der Waals surface area contributed by atoms with Crippen LogP contribution in [0.15, 0.2) is 48.5 Å². The third kappa shape index (κ3) is 3.51. The maximum atomic E-state index is 14.0. The molecule has 3 rings (SSSR count). The summed E-state index contributed by atoms with van der Waals surface area (Å²) in [6.07, 6.45) is -0.0777. The fraction of sp³-hybridized carbons (Fsp3) is 0.350. The fourth-order valence-electron chi connectivity index (χ4n) is 3.18. The molecule has 0 bridgehead atoms. The van der Waals surface area contributed by atoms with Crippen molar-refractivity contribution >= 4 is 5.91 Å². The number of methoxy groups -OCH3 is 2. The molecule has 6 heteroatoms. The molecule has 0 spiro atoms. The highest BCUT2D eigenvalue weighted by Crippen LogP contribution is 2.41. The minimum atomic E-state index is -0.786. The van der Waals surface area contributed by atoms with Crippen molar-refractivity contribution in [2.24, 2.45) is 0 Å². The average Bonchev–Trinajstić information content (AvgIpc) is 2.67. The van der Waals surface area contributed by atoms with Crippen LogP contribution in [0.1, 0.15) is 18.0 Å². The van der Waals surface area contributed by atoms with Crippen molar-refractivity contribution in [3.8, 4) is 11.5 Å². The number of rotatable bonds is 8. The van der Waals surface area contributed by atoms with E-state index >= 15 is 0 Å². The molecule has 1 saturated heterocycles. The third-order valence-corrected chi connectivity index (χ3v) is 4.44. The van der Waals surface area contributed by atoms with Crippen LogP contribution in [0, 0.1) is 5.82 Å². The molecule has 2 aromatic rings. The molecule has 0 aliphatic carbocycles. The highest BCUT2D eigenvalue weighted by molar-refractivity contribution is 5.89. The van der Waals surface area contributed by atoms with Crippen molar-refractivity contribution < 1.29 is 23.4 Å². The SMILES string of the molecule is COCCCN1C(=O)[C@H](Oc2ccccc2F)[C@H]1c1ccccc1OC. The highest BCUT2D eigenvalue weighted by atomic mass is 19.1. The van der Waals surface area contributed by atoms with Crippen LogP contribution in [0.25, 0.3) is 0 Å². The predicted octanol–water partition coefficient (Wildman–Crippen LogP) is 3.20. The number of likely N-dealkylation sites (tertiary alicyclic amines) is 1. The van der Waals surface area contributed by atoms with Gasteiger partial charge >= 0.3 is 0 Å². The van der Waals surface area contributed by atoms with Gasteiger partial charge in [0.25, 0.3) is 5.91 Å². The molecule has 0 aromatic heterocycles. The van der Waals surface area contributed by atoms with Crippen LogP contribution < -0.4 is 9.47 Å². The molecule has 26 heavy (non-hydrogen) atoms. The number of carbonyl (C=O) groups is 1. The number of halogens is 1. The Bertz CT molecular complexity index is 767. The van der Waals surface area contributed by atoms with Crippen molar-refractivity contribution in [1.29, 1.82) is 0 Å². The van der Waals surface area contributed by atoms with E-state index in [0.29, 0.717) is 25.3 Å². The van der Waals surface area contributed by atoms with Crippen LogP contribution in [0.2, 0.25) is 0 Å². The Labute approximate surface area is 152 Å². The van der Waals surface area contributed by atoms with Gasteiger partial charge in [-0.3, -0.25) is 4.79 Å². The average molecular weight is 359 g/mol. The van der Waals surface area contributed by atoms with Gasteiger partial charge in [0, 0.05) is 25.8 Å². The van der Waals surface area contributed by atoms with E-state index in [1.165, 1.54) is 12.1 Å². The molecule has 138 valence electrons. The summed E-state index contributed by atoms with van der Waals surface area (Å²) in [5, 5.41) is 0. The van der Waals surface area contributed by atoms with E-state index in [4.69, 9.17) is 14.2 Å². The third-order valence-electron chi connectivity index (χ3n) is 4.44. The summed E-state index contributed by atoms with van der Waals surface area (Å²) in [7, 11) is 3.21. The minimum absolute atomic E-state index is 0.0716. The molecule has 1 fully saturated rings. The van der Waals surface area contributed by atoms with Gasteiger partial charge in [0.2, 0.25) is 6.10 Å². The first-order valence-corrected chi connectivity index (χ1v) is 8.51. The summed E-state index contributed by atoms with van der Waals surface area (Å²) in [5.41, 5.74) is 0.841. The zero-order chi connectivity index (χ0) is 18.5. The normalized spacial score (nSPS) is 19.2. The minimum Gasteiger partial charge on any atom is -0.496 e. The van der Waals surface area contributed by atoms with E-state index in [1.54, 1.807) is 31.3 Å². The molecule has 0 radical (unpaired) electrons. The van der Waals surface area contributed by atoms with Gasteiger partial charge in [-0.1, -0.05) is 30.3 Å². The van der Waals surface area contributed by atoms with Crippen molar-refractivity contribution in [2.75, 3.05) is 27.4 Å². The zero-order valence-corrected chi connectivity index (χ0v) is 14.9. The molecule has 1 heterocycles. The fourth-order valence-corrected chi connectivity index (χ4v) is 3.18. The lowest BCUT2D eigenvalue weighted by molar-refractivity contribution is -0.164. The van der Waals surface area contributed by atoms with Crippen LogP contribution >= 0.6 is 0 Å². The standard InChI is InChI=1S/C20H22FNO4/c1-24-13-7-12-22-18(14-8-3-5-10-16(14)25-2)19(20(22)23)26-17-11-6-4-9-15(17)21/h3-6,8-11,18-19H,7,12-13H2,1-2H3/t18-,19-/m1/s1. The van der Waals surface area contributed by atoms with E-state index in [9.17, 15) is 9.18 Å². The lowest BCUT2D eigenvalue weighted by Gasteiger charge is -2.47. The van der Waals surface area contributed by atoms with Crippen LogP contribution in [0.5, 0.6) is 11.5 Å². The largest absolute Gasteiger partial charge is 0.496 e. The predicted molar refractivity (Wildman–Crippen MR) is 94.8 cm³/mol. The lowest BCUT2D eigenvalue weighted by atomic mass is 9.89. The van der Waals surface area contributed by atoms with Gasteiger partial charge in [-0.15, -0.1) is 0 Å². The Kier molecular flexibility index (Phi) is 5.73. The smallest absolute Gasteiger partial charge is 0.266 e. The monoisotopic (exact) mass is 359 g/mol. The number of para-hydroxylation sites is 2. The number of β-lactam (4-membered cyclic amide) rings is 1. The molecular weight excluding hydrogens is 337 g/mol. The number of ether oxygens (including phenoxy) is 3. The number of amides is 1. The van der Waals surface area contributed by atoms with Crippen LogP contribution in [-0.4, -0.2) is 44.3 Å². The Hall–Kier alpha value is -2.60. The second kappa shape index (κ2) is 8.19. The first kappa shape index (κ1) is 18.2. The Morgan fingerprint density at radius 3 is 2.42 bits per heavy atom. The van der Waals surface area contributed by atoms with Crippen molar-refractivity contribution in [2.45, 2.75) is 18.6 Å². The van der Waals surface area contributed by atoms with Gasteiger partial charge < -0.3 is 19.1 Å². The molecule has 1 aliphatic heterocycles. The van der Waals surface area contributed by atoms with Gasteiger partial charge in [0.05, 0.1) is 7.11 Å². The highest BCUT2D eigenvalue weighted by Gasteiger charge is 2.51. The van der Waals surface area contributed by atoms with Crippen molar-refractivity contribution in [1.82, 2.24) is 4.90 Å². The second-order valence-corrected chi connectivity index (χ2v) is 6.03. The van der Waals surface area contributed by atoms with Crippen LogP contribution in [-0.2, 0) is 9.53 Å². The summed E-state index contributed by atoms with van der Waals surface area (Å²) in [6, 6.07) is 13.2. The van der Waals surface area contributed by atoms with E-state index in [1.807, 2.05) is 24.3 Å². The molecule has 0 saturated carbocycles. The molecule has 0 N–H and O–H groups in total. The van der Waals surface area contributed by atoms with E-state index in [0.717, 1.165) is 5.56 Å². The van der Waals surface area contributed by atoms with Crippen molar-refractivity contribution in [3.63, 3.8) is 0 Å². The molecule has 2 aromatic carbocycles. The molecular formula is C20H22FNO4. The molecule has 0 unspecified atom stereocenters. The van der Waals surface area contributed by atoms with Gasteiger partial charge in [-0.2, -0.15) is 0 Å². The van der Waals surface area contributed by atoms with E-state index in [-0.39, 0.29) is 17.7 Å². The topological polar surface area (TPSA) is 48.0 Å². The maximum absolute atomic E-state index is 14.0. The Morgan fingerprint density at radius 2 is 1.73 bits per heavy atom. The first-order valence-electron chi connectivity index (χ1n) is 8.51. The van der Waals surface area contributed by atoms with Crippen molar-refractivity contribution in [3.05, 3.63) is 59.9 Å². The number of hydrogen-bond acceptors (Lipinski definition) is 4. The van der Waals surface area contributed by atoms with E-state index in [2.05, 4.69) is 0 Å². The Balaban J connectivity index is 1.87. The number of carbonyl (C=O) groups excluding carboxylic acids is 1. The quantitative estimate of drug-likeness (QED) is 0.536. The molecule has 1 amide bonds. The maximum Gasteiger partial charge on any atom is 0.266 e. The molecule has 5 nitrogen and oxygen atoms in total. The van der Waals surface area contributed by atoms with Crippen LogP contribution in [0.3, 0.4) is 0 Å². The van der Waals surface area contributed by atoms with Gasteiger partial charge in [0.1, 0.15) is 11.8 Å². The summed E-state index contributed by atoms with van der Waals surface area (Å²) < 4.78 is 30.2. The van der Waals surface area contributed by atoms with Gasteiger partial charge in [0.15, 0.2) is 11.6 Å². The lowest BCUT2D eigenvalue weighted by Crippen LogP contribution is -2.61. The van der Waals surface area contributed by atoms with Gasteiger partial charge in [-0.25, -0.2) is 4.39 Å². The summed E-state index contributed by atoms with van der Waals surface area (Å²) in [5.74, 6) is 0.0864. The summed E-state index contributed by atoms with van der Waals surface area (Å²) in [6.45, 7) is 1.09. The first-order chi connectivity index (χ1) is 12.7. The van der Waals surface area contributed by atoms with E-state index < -0.39 is 11.9 Å². The molecule has 2 atom stereocenters. The second-order valence-electron chi connectivity index (χ2n) is 6.03. The van der Waals surface area contributed by atoms with Crippen LogP contribution in [0.4, 0.5) is 4.39 Å². The molecule has 1 aliphatic rings. The number of hydrogen-bond donors (Lipinski definition) is 0. The summed E-state index contributed by atoms with van der Waals surface area (Å²) >= 11 is 0. The number of nitrogens with zero attached hydrogens (tertiary/aromatic N) is 1. The number of benzene rings is 2.